The van der Waals surface area contributed by atoms with Crippen molar-refractivity contribution in [1.29, 1.82) is 0 Å². The lowest BCUT2D eigenvalue weighted by Crippen LogP contribution is -2.33. The summed E-state index contributed by atoms with van der Waals surface area (Å²) in [6.45, 7) is 3.01. The summed E-state index contributed by atoms with van der Waals surface area (Å²) in [4.78, 5) is 14.7. The Labute approximate surface area is 184 Å². The predicted octanol–water partition coefficient (Wildman–Crippen LogP) is 3.69. The molecule has 3 aromatic rings. The fourth-order valence-corrected chi connectivity index (χ4v) is 4.34. The van der Waals surface area contributed by atoms with Crippen LogP contribution in [-0.2, 0) is 10.0 Å². The van der Waals surface area contributed by atoms with E-state index in [9.17, 15) is 13.2 Å². The van der Waals surface area contributed by atoms with Gasteiger partial charge in [-0.15, -0.1) is 0 Å². The summed E-state index contributed by atoms with van der Waals surface area (Å²) in [5.41, 5.74) is 2.97. The van der Waals surface area contributed by atoms with Crippen molar-refractivity contribution in [3.63, 3.8) is 0 Å². The number of para-hydroxylation sites is 1. The van der Waals surface area contributed by atoms with E-state index in [0.29, 0.717) is 24.3 Å². The van der Waals surface area contributed by atoms with Crippen molar-refractivity contribution >= 4 is 27.3 Å². The number of benzene rings is 3. The number of sulfonamides is 1. The highest BCUT2D eigenvalue weighted by molar-refractivity contribution is 7.92. The quantitative estimate of drug-likeness (QED) is 0.584. The van der Waals surface area contributed by atoms with Crippen LogP contribution in [0.1, 0.15) is 15.9 Å². The molecule has 0 unspecified atom stereocenters. The second kappa shape index (κ2) is 9.66. The van der Waals surface area contributed by atoms with Crippen molar-refractivity contribution in [1.82, 2.24) is 5.32 Å². The number of nitrogens with one attached hydrogen (secondary N) is 1. The lowest BCUT2D eigenvalue weighted by atomic mass is 10.2. The number of likely N-dealkylation sites (N-methyl/N-ethyl adjacent to an activating group) is 1. The molecule has 162 valence electrons. The Kier molecular flexibility index (Phi) is 6.97. The average molecular weight is 438 g/mol. The highest BCUT2D eigenvalue weighted by Gasteiger charge is 2.22. The number of hydrogen-bond acceptors (Lipinski definition) is 4. The van der Waals surface area contributed by atoms with Gasteiger partial charge >= 0.3 is 0 Å². The van der Waals surface area contributed by atoms with Crippen LogP contribution in [0.25, 0.3) is 0 Å². The van der Waals surface area contributed by atoms with Crippen LogP contribution in [0.4, 0.5) is 11.4 Å². The maximum atomic E-state index is 13.0. The summed E-state index contributed by atoms with van der Waals surface area (Å²) in [6.07, 6.45) is 0. The molecule has 0 aliphatic rings. The largest absolute Gasteiger partial charge is 0.373 e. The summed E-state index contributed by atoms with van der Waals surface area (Å²) in [6, 6.07) is 23.2. The Morgan fingerprint density at radius 2 is 1.55 bits per heavy atom. The van der Waals surface area contributed by atoms with E-state index in [-0.39, 0.29) is 10.8 Å². The van der Waals surface area contributed by atoms with Crippen LogP contribution in [0, 0.1) is 6.92 Å². The number of aryl methyl sites for hydroxylation is 1. The first-order valence-corrected chi connectivity index (χ1v) is 11.4. The van der Waals surface area contributed by atoms with Gasteiger partial charge in [0.25, 0.3) is 15.9 Å². The molecule has 1 amide bonds. The van der Waals surface area contributed by atoms with Crippen molar-refractivity contribution in [2.24, 2.45) is 0 Å². The summed E-state index contributed by atoms with van der Waals surface area (Å²) < 4.78 is 27.3. The zero-order valence-corrected chi connectivity index (χ0v) is 18.8. The number of anilines is 2. The zero-order chi connectivity index (χ0) is 22.4. The van der Waals surface area contributed by atoms with Gasteiger partial charge in [-0.05, 0) is 49.4 Å². The Hall–Kier alpha value is -3.32. The first-order valence-electron chi connectivity index (χ1n) is 9.99. The molecule has 0 aromatic heterocycles. The van der Waals surface area contributed by atoms with E-state index >= 15 is 0 Å². The summed E-state index contributed by atoms with van der Waals surface area (Å²) in [7, 11) is -0.326. The molecule has 6 nitrogen and oxygen atoms in total. The van der Waals surface area contributed by atoms with Crippen LogP contribution in [0.15, 0.2) is 83.8 Å². The smallest absolute Gasteiger partial charge is 0.264 e. The van der Waals surface area contributed by atoms with Gasteiger partial charge in [-0.3, -0.25) is 9.10 Å². The van der Waals surface area contributed by atoms with E-state index in [0.717, 1.165) is 11.3 Å². The van der Waals surface area contributed by atoms with E-state index in [4.69, 9.17) is 0 Å². The molecule has 3 aromatic carbocycles. The first kappa shape index (κ1) is 22.4. The highest BCUT2D eigenvalue weighted by Crippen LogP contribution is 2.23. The van der Waals surface area contributed by atoms with Gasteiger partial charge in [0.1, 0.15) is 0 Å². The fourth-order valence-electron chi connectivity index (χ4n) is 3.10. The summed E-state index contributed by atoms with van der Waals surface area (Å²) in [5.74, 6) is -0.309. The number of rotatable bonds is 8. The Morgan fingerprint density at radius 3 is 2.23 bits per heavy atom. The Morgan fingerprint density at radius 1 is 0.871 bits per heavy atom. The third kappa shape index (κ3) is 5.44. The van der Waals surface area contributed by atoms with Gasteiger partial charge in [0.15, 0.2) is 0 Å². The molecule has 3 rings (SSSR count). The number of hydrogen-bond donors (Lipinski definition) is 1. The third-order valence-corrected chi connectivity index (χ3v) is 6.86. The maximum absolute atomic E-state index is 13.0. The van der Waals surface area contributed by atoms with Crippen LogP contribution in [0.5, 0.6) is 0 Å². The van der Waals surface area contributed by atoms with Gasteiger partial charge in [0.05, 0.1) is 10.6 Å². The molecule has 7 heteroatoms. The fraction of sp³-hybridized carbons (Fsp3) is 0.208. The molecule has 1 N–H and O–H groups in total. The molecular formula is C24H27N3O3S. The minimum absolute atomic E-state index is 0.0737. The van der Waals surface area contributed by atoms with Crippen LogP contribution < -0.4 is 14.5 Å². The van der Waals surface area contributed by atoms with Gasteiger partial charge in [0.2, 0.25) is 0 Å². The molecule has 0 fully saturated rings. The molecule has 0 aliphatic heterocycles. The van der Waals surface area contributed by atoms with Crippen molar-refractivity contribution in [3.05, 3.63) is 90.0 Å². The van der Waals surface area contributed by atoms with Crippen molar-refractivity contribution in [2.75, 3.05) is 36.4 Å². The molecule has 0 atom stereocenters. The van der Waals surface area contributed by atoms with Crippen LogP contribution >= 0.6 is 0 Å². The average Bonchev–Trinajstić information content (AvgIpc) is 2.79. The van der Waals surface area contributed by atoms with Crippen LogP contribution in [-0.4, -0.2) is 41.5 Å². The number of amides is 1. The number of carbonyl (C=O) groups excluding carboxylic acids is 1. The number of nitrogens with zero attached hydrogens (tertiary/aromatic N) is 2. The van der Waals surface area contributed by atoms with E-state index in [1.807, 2.05) is 61.3 Å². The van der Waals surface area contributed by atoms with Gasteiger partial charge in [-0.1, -0.05) is 42.0 Å². The Bertz CT molecular complexity index is 1130. The second-order valence-corrected chi connectivity index (χ2v) is 9.32. The van der Waals surface area contributed by atoms with Gasteiger partial charge in [0, 0.05) is 38.4 Å². The minimum atomic E-state index is -3.79. The lowest BCUT2D eigenvalue weighted by molar-refractivity contribution is 0.0954. The van der Waals surface area contributed by atoms with Crippen molar-refractivity contribution < 1.29 is 13.2 Å². The zero-order valence-electron chi connectivity index (χ0n) is 17.9. The van der Waals surface area contributed by atoms with Gasteiger partial charge in [-0.25, -0.2) is 8.42 Å². The summed E-state index contributed by atoms with van der Waals surface area (Å²) in [5, 5.41) is 2.86. The van der Waals surface area contributed by atoms with Gasteiger partial charge < -0.3 is 10.2 Å². The molecule has 0 heterocycles. The third-order valence-electron chi connectivity index (χ3n) is 5.08. The molecule has 0 saturated carbocycles. The second-order valence-electron chi connectivity index (χ2n) is 7.35. The van der Waals surface area contributed by atoms with Crippen molar-refractivity contribution in [3.8, 4) is 0 Å². The SMILES string of the molecule is Cc1ccc(N(C)S(=O)(=O)c2cccc(C(=O)NCCN(C)c3ccccc3)c2)cc1. The molecular weight excluding hydrogens is 410 g/mol. The van der Waals surface area contributed by atoms with Crippen LogP contribution in [0.3, 0.4) is 0 Å². The molecule has 0 radical (unpaired) electrons. The maximum Gasteiger partial charge on any atom is 0.264 e. The molecule has 31 heavy (non-hydrogen) atoms. The standard InChI is InChI=1S/C24H27N3O3S/c1-19-12-14-22(15-13-19)27(3)31(29,30)23-11-7-8-20(18-23)24(28)25-16-17-26(2)21-9-5-4-6-10-21/h4-15,18H,16-17H2,1-3H3,(H,25,28). The molecule has 0 aliphatic carbocycles. The number of carbonyl (C=O) groups is 1. The monoisotopic (exact) mass is 437 g/mol. The first-order chi connectivity index (χ1) is 14.8. The lowest BCUT2D eigenvalue weighted by Gasteiger charge is -2.20. The van der Waals surface area contributed by atoms with Crippen molar-refractivity contribution in [2.45, 2.75) is 11.8 Å². The summed E-state index contributed by atoms with van der Waals surface area (Å²) >= 11 is 0. The molecule has 0 bridgehead atoms. The normalized spacial score (nSPS) is 11.1. The highest BCUT2D eigenvalue weighted by atomic mass is 32.2. The van der Waals surface area contributed by atoms with Gasteiger partial charge in [-0.2, -0.15) is 0 Å². The van der Waals surface area contributed by atoms with E-state index in [1.165, 1.54) is 23.5 Å². The predicted molar refractivity (Wildman–Crippen MR) is 125 cm³/mol. The van der Waals surface area contributed by atoms with Crippen LogP contribution in [0.2, 0.25) is 0 Å². The van der Waals surface area contributed by atoms with E-state index in [1.54, 1.807) is 24.3 Å². The van der Waals surface area contributed by atoms with E-state index in [2.05, 4.69) is 5.32 Å². The minimum Gasteiger partial charge on any atom is -0.373 e. The molecule has 0 saturated heterocycles. The van der Waals surface area contributed by atoms with E-state index < -0.39 is 10.0 Å². The topological polar surface area (TPSA) is 69.7 Å². The Balaban J connectivity index is 1.67. The molecule has 0 spiro atoms.